The number of nitrogens with one attached hydrogen (secondary N) is 1. The molecule has 2 unspecified atom stereocenters. The molecule has 0 saturated carbocycles. The van der Waals surface area contributed by atoms with Crippen LogP contribution in [0.5, 0.6) is 0 Å². The highest BCUT2D eigenvalue weighted by molar-refractivity contribution is 7.86. The van der Waals surface area contributed by atoms with Crippen LogP contribution in [0.4, 0.5) is 26.3 Å². The van der Waals surface area contributed by atoms with Crippen LogP contribution < -0.4 is 16.4 Å². The highest BCUT2D eigenvalue weighted by Crippen LogP contribution is 2.34. The Hall–Kier alpha value is -11.5. The fourth-order valence-electron chi connectivity index (χ4n) is 10.5. The molecule has 1 N–H and O–H groups in total. The number of nitrogens with zero attached hydrogens (tertiary/aromatic N) is 5. The first-order chi connectivity index (χ1) is 47.0. The monoisotopic (exact) mass is 1350 g/mol. The number of fused-ring (bicyclic) bond motifs is 2. The standard InChI is InChI=1S/C30H28F3N3O.C21H21N3O.C19H4.C10H11F3O3S.CH4/c1-20(22-13-15-25(16-14-22)30(31,32)33)35-18-17-27-26(19-35)29(37)36(21(2)34-27)28(23-9-5-3-6-10-23)24-11-7-4-8-12-24;1-15-23-19-12-13-22-14-18(19)21(25)24(15)20(16-8-4-2-5-9-16)17-10-6-3-7-11-17;1-3-5-7-9-11-13-15-17-19-18-16-14-12-10-8-6-4-2;1-7(16-17(2,14)15)8-3-5-9(6-4-8)10(11,12)13;/h3-16,20,28H,17-19H2,1-2H3;2-11,20,22H,12-14H2,1H3;1-2H2;3-7H,1-2H3;1H4. The Bertz CT molecular complexity index is 4920. The van der Waals surface area contributed by atoms with Crippen molar-refractivity contribution in [1.29, 1.82) is 0 Å². The molecule has 4 heterocycles. The quantitative estimate of drug-likeness (QED) is 0.0765. The van der Waals surface area contributed by atoms with Gasteiger partial charge in [0.2, 0.25) is 0 Å². The number of benzene rings is 6. The molecule has 2 atom stereocenters. The maximum atomic E-state index is 14.1. The van der Waals surface area contributed by atoms with E-state index in [4.69, 9.17) is 9.97 Å². The Kier molecular flexibility index (Phi) is 28.7. The van der Waals surface area contributed by atoms with E-state index in [0.717, 1.165) is 94.1 Å². The van der Waals surface area contributed by atoms with E-state index in [2.05, 4.69) is 149 Å². The number of rotatable bonds is 11. The molecule has 18 heteroatoms. The summed E-state index contributed by atoms with van der Waals surface area (Å²) in [6.45, 7) is 16.3. The van der Waals surface area contributed by atoms with E-state index in [0.29, 0.717) is 43.0 Å². The molecule has 0 bridgehead atoms. The molecule has 11 nitrogen and oxygen atoms in total. The second kappa shape index (κ2) is 37.1. The van der Waals surface area contributed by atoms with Crippen molar-refractivity contribution in [1.82, 2.24) is 29.3 Å². The average Bonchev–Trinajstić information content (AvgIpc) is 0.769. The molecule has 8 aromatic rings. The Morgan fingerprint density at radius 1 is 0.485 bits per heavy atom. The van der Waals surface area contributed by atoms with Crippen LogP contribution in [0.3, 0.4) is 0 Å². The average molecular weight is 1350 g/mol. The molecule has 0 saturated heterocycles. The van der Waals surface area contributed by atoms with Gasteiger partial charge in [-0.1, -0.05) is 164 Å². The summed E-state index contributed by atoms with van der Waals surface area (Å²) in [5, 5.41) is 3.29. The summed E-state index contributed by atoms with van der Waals surface area (Å²) in [5.74, 6) is 1.43. The second-order valence-electron chi connectivity index (χ2n) is 21.7. The number of aromatic nitrogens is 4. The van der Waals surface area contributed by atoms with Gasteiger partial charge in [-0.05, 0) is 184 Å². The van der Waals surface area contributed by atoms with E-state index >= 15 is 0 Å². The molecule has 6 aromatic carbocycles. The highest BCUT2D eigenvalue weighted by atomic mass is 32.2. The lowest BCUT2D eigenvalue weighted by molar-refractivity contribution is -0.138. The molecule has 2 aromatic heterocycles. The van der Waals surface area contributed by atoms with Crippen molar-refractivity contribution in [3.05, 3.63) is 380 Å². The fraction of sp³-hybridized carbons (Fsp3) is 0.222. The lowest BCUT2D eigenvalue weighted by Crippen LogP contribution is -2.41. The zero-order valence-electron chi connectivity index (χ0n) is 54.1. The lowest BCUT2D eigenvalue weighted by atomic mass is 9.97. The molecule has 10 rings (SSSR count). The summed E-state index contributed by atoms with van der Waals surface area (Å²) in [6, 6.07) is 48.9. The molecular weight excluding hydrogens is 1280 g/mol. The molecule has 2 aliphatic heterocycles. The molecule has 0 fully saturated rings. The van der Waals surface area contributed by atoms with Crippen LogP contribution in [-0.2, 0) is 52.6 Å². The molecule has 0 aliphatic carbocycles. The van der Waals surface area contributed by atoms with Gasteiger partial charge < -0.3 is 5.32 Å². The Balaban J connectivity index is 0.000000219. The number of hydrogen-bond acceptors (Lipinski definition) is 9. The predicted octanol–water partition coefficient (Wildman–Crippen LogP) is 16.0. The summed E-state index contributed by atoms with van der Waals surface area (Å²) in [7, 11) is -3.63. The van der Waals surface area contributed by atoms with Gasteiger partial charge in [0, 0.05) is 45.1 Å². The van der Waals surface area contributed by atoms with Gasteiger partial charge in [0.1, 0.15) is 11.6 Å². The summed E-state index contributed by atoms with van der Waals surface area (Å²) in [4.78, 5) is 39.1. The second-order valence-corrected chi connectivity index (χ2v) is 23.3. The van der Waals surface area contributed by atoms with Crippen LogP contribution in [0.15, 0.2) is 290 Å². The van der Waals surface area contributed by atoms with Crippen molar-refractivity contribution in [3.63, 3.8) is 0 Å². The topological polar surface area (TPSA) is 128 Å². The predicted molar refractivity (Wildman–Crippen MR) is 370 cm³/mol. The maximum absolute atomic E-state index is 14.1. The van der Waals surface area contributed by atoms with E-state index < -0.39 is 39.7 Å². The summed E-state index contributed by atoms with van der Waals surface area (Å²) >= 11 is 0. The van der Waals surface area contributed by atoms with Crippen molar-refractivity contribution in [2.45, 2.75) is 97.6 Å². The third-order valence-electron chi connectivity index (χ3n) is 15.1. The van der Waals surface area contributed by atoms with Crippen molar-refractivity contribution < 1.29 is 38.9 Å². The van der Waals surface area contributed by atoms with Gasteiger partial charge in [0.05, 0.1) is 58.1 Å². The van der Waals surface area contributed by atoms with Crippen molar-refractivity contribution in [2.24, 2.45) is 0 Å². The van der Waals surface area contributed by atoms with Crippen LogP contribution in [-0.4, -0.2) is 51.8 Å². The molecule has 0 radical (unpaired) electrons. The van der Waals surface area contributed by atoms with Gasteiger partial charge in [0.25, 0.3) is 21.2 Å². The van der Waals surface area contributed by atoms with E-state index in [1.807, 2.05) is 122 Å². The third kappa shape index (κ3) is 22.5. The first kappa shape index (κ1) is 76.5. The smallest absolute Gasteiger partial charge is 0.312 e. The molecule has 500 valence electrons. The first-order valence-corrected chi connectivity index (χ1v) is 32.2. The van der Waals surface area contributed by atoms with E-state index in [9.17, 15) is 44.3 Å². The first-order valence-electron chi connectivity index (χ1n) is 30.4. The van der Waals surface area contributed by atoms with Gasteiger partial charge in [-0.3, -0.25) is 27.8 Å². The van der Waals surface area contributed by atoms with Crippen LogP contribution in [0, 0.1) is 13.8 Å². The van der Waals surface area contributed by atoms with Crippen molar-refractivity contribution in [2.75, 3.05) is 19.3 Å². The summed E-state index contributed by atoms with van der Waals surface area (Å²) in [6.07, 6.45) is -7.28. The van der Waals surface area contributed by atoms with Gasteiger partial charge in [-0.15, -0.1) is 0 Å². The zero-order valence-corrected chi connectivity index (χ0v) is 54.9. The minimum atomic E-state index is -4.40. The fourth-order valence-corrected chi connectivity index (χ4v) is 11.2. The Morgan fingerprint density at radius 3 is 1.16 bits per heavy atom. The zero-order chi connectivity index (χ0) is 70.7. The highest BCUT2D eigenvalue weighted by Gasteiger charge is 2.33. The van der Waals surface area contributed by atoms with Crippen LogP contribution in [0.1, 0.15) is 124 Å². The third-order valence-corrected chi connectivity index (χ3v) is 15.7. The number of alkyl halides is 6. The minimum absolute atomic E-state index is 0. The van der Waals surface area contributed by atoms with Crippen LogP contribution in [0.25, 0.3) is 0 Å². The number of halogens is 6. The number of hydrogen-bond donors (Lipinski definition) is 1. The van der Waals surface area contributed by atoms with Gasteiger partial charge in [-0.25, -0.2) is 9.97 Å². The van der Waals surface area contributed by atoms with Gasteiger partial charge in [0.15, 0.2) is 0 Å². The molecule has 2 aliphatic rings. The lowest BCUT2D eigenvalue weighted by Gasteiger charge is -2.34. The summed E-state index contributed by atoms with van der Waals surface area (Å²) in [5.41, 5.74) is 48.9. The van der Waals surface area contributed by atoms with Crippen LogP contribution in [0.2, 0.25) is 0 Å². The maximum Gasteiger partial charge on any atom is 0.416 e. The number of aryl methyl sites for hydroxylation is 2. The largest absolute Gasteiger partial charge is 0.416 e. The van der Waals surface area contributed by atoms with Crippen molar-refractivity contribution in [3.8, 4) is 0 Å². The molecule has 99 heavy (non-hydrogen) atoms. The normalized spacial score (nSPS) is 12.3. The van der Waals surface area contributed by atoms with Crippen LogP contribution >= 0.6 is 0 Å². The minimum Gasteiger partial charge on any atom is -0.312 e. The van der Waals surface area contributed by atoms with E-state index in [1.54, 1.807) is 4.57 Å². The molecule has 0 amide bonds. The van der Waals surface area contributed by atoms with Gasteiger partial charge >= 0.3 is 12.4 Å². The van der Waals surface area contributed by atoms with E-state index in [1.165, 1.54) is 31.2 Å². The Labute approximate surface area is 572 Å². The SMILES string of the molecule is C.C=C=C=C=C=C=C=C=C=C=C=C=C=C=C=C=C=C=C.CC(OS(C)(=O)=O)c1ccc(C(F)(F)F)cc1.Cc1nc2c(c(=O)n1C(c1ccccc1)c1ccccc1)CN(C(C)c1ccc(C(F)(F)F)cc1)CC2.Cc1nc2c(c(=O)n1C(c1ccccc1)c1ccccc1)CNCC2. The molecule has 0 spiro atoms. The van der Waals surface area contributed by atoms with Gasteiger partial charge in [-0.2, -0.15) is 34.8 Å². The molecular formula is C81H68F6N6O5S. The van der Waals surface area contributed by atoms with Crippen molar-refractivity contribution >= 4 is 10.1 Å². The Morgan fingerprint density at radius 2 is 0.818 bits per heavy atom. The summed E-state index contributed by atoms with van der Waals surface area (Å²) < 4.78 is 106. The van der Waals surface area contributed by atoms with E-state index in [-0.39, 0.29) is 36.7 Å².